The molecule has 6 nitrogen and oxygen atoms in total. The van der Waals surface area contributed by atoms with E-state index in [1.54, 1.807) is 6.92 Å². The Kier molecular flexibility index (Phi) is 4.53. The number of nitrogens with one attached hydrogen (secondary N) is 1. The molecule has 6 heteroatoms. The van der Waals surface area contributed by atoms with Crippen molar-refractivity contribution < 1.29 is 19.8 Å². The quantitative estimate of drug-likeness (QED) is 0.591. The van der Waals surface area contributed by atoms with E-state index < -0.39 is 17.9 Å². The number of carbonyl (C=O) groups excluding carboxylic acids is 2. The van der Waals surface area contributed by atoms with Gasteiger partial charge in [-0.15, -0.1) is 0 Å². The molecular weight excluding hydrogens is 236 g/mol. The molecule has 1 aromatic carbocycles. The summed E-state index contributed by atoms with van der Waals surface area (Å²) in [6.07, 6.45) is 0.318. The summed E-state index contributed by atoms with van der Waals surface area (Å²) in [4.78, 5) is 22.6. The molecule has 2 amide bonds. The Morgan fingerprint density at radius 1 is 1.39 bits per heavy atom. The van der Waals surface area contributed by atoms with Gasteiger partial charge in [0.1, 0.15) is 17.5 Å². The van der Waals surface area contributed by atoms with Crippen LogP contribution in [0.5, 0.6) is 11.5 Å². The van der Waals surface area contributed by atoms with Crippen LogP contribution in [0.3, 0.4) is 0 Å². The van der Waals surface area contributed by atoms with Crippen LogP contribution in [0.4, 0.5) is 0 Å². The second-order valence-corrected chi connectivity index (χ2v) is 3.92. The summed E-state index contributed by atoms with van der Waals surface area (Å²) < 4.78 is 0. The standard InChI is InChI=1S/C12H16N2O4/c1-2-9(12(13)18)14-11(17)5-7-3-4-8(15)6-10(7)16/h3-4,6,9,15-16H,2,5H2,1H3,(H2,13,18)(H,14,17). The van der Waals surface area contributed by atoms with E-state index >= 15 is 0 Å². The highest BCUT2D eigenvalue weighted by Crippen LogP contribution is 2.22. The molecule has 0 spiro atoms. The molecule has 18 heavy (non-hydrogen) atoms. The highest BCUT2D eigenvalue weighted by Gasteiger charge is 2.16. The largest absolute Gasteiger partial charge is 0.508 e. The molecule has 1 rings (SSSR count). The minimum Gasteiger partial charge on any atom is -0.508 e. The number of rotatable bonds is 5. The fourth-order valence-electron chi connectivity index (χ4n) is 1.49. The van der Waals surface area contributed by atoms with Crippen molar-refractivity contribution in [3.05, 3.63) is 23.8 Å². The Labute approximate surface area is 104 Å². The molecule has 1 atom stereocenters. The SMILES string of the molecule is CCC(NC(=O)Cc1ccc(O)cc1O)C(N)=O. The van der Waals surface area contributed by atoms with Crippen LogP contribution >= 0.6 is 0 Å². The number of nitrogens with two attached hydrogens (primary N) is 1. The minimum absolute atomic E-state index is 0.0831. The van der Waals surface area contributed by atoms with Gasteiger partial charge in [0.2, 0.25) is 11.8 Å². The van der Waals surface area contributed by atoms with Gasteiger partial charge in [0, 0.05) is 11.6 Å². The maximum atomic E-state index is 11.6. The molecule has 5 N–H and O–H groups in total. The average Bonchev–Trinajstić information content (AvgIpc) is 2.29. The van der Waals surface area contributed by atoms with Gasteiger partial charge in [0.05, 0.1) is 6.42 Å². The van der Waals surface area contributed by atoms with Gasteiger partial charge in [0.15, 0.2) is 0 Å². The number of aromatic hydroxyl groups is 2. The Bertz CT molecular complexity index is 459. The second-order valence-electron chi connectivity index (χ2n) is 3.92. The number of phenolic OH excluding ortho intramolecular Hbond substituents is 2. The monoisotopic (exact) mass is 252 g/mol. The summed E-state index contributed by atoms with van der Waals surface area (Å²) in [5.74, 6) is -1.26. The molecule has 0 aromatic heterocycles. The molecule has 0 aliphatic heterocycles. The molecule has 98 valence electrons. The second kappa shape index (κ2) is 5.90. The zero-order valence-corrected chi connectivity index (χ0v) is 10.0. The first-order valence-corrected chi connectivity index (χ1v) is 5.53. The van der Waals surface area contributed by atoms with Gasteiger partial charge in [-0.25, -0.2) is 0 Å². The molecule has 0 heterocycles. The highest BCUT2D eigenvalue weighted by atomic mass is 16.3. The lowest BCUT2D eigenvalue weighted by molar-refractivity contribution is -0.127. The zero-order chi connectivity index (χ0) is 13.7. The van der Waals surface area contributed by atoms with E-state index in [1.165, 1.54) is 12.1 Å². The number of carbonyl (C=O) groups is 2. The van der Waals surface area contributed by atoms with Crippen LogP contribution in [0.25, 0.3) is 0 Å². The van der Waals surface area contributed by atoms with Crippen molar-refractivity contribution in [3.8, 4) is 11.5 Å². The molecule has 0 aliphatic rings. The molecule has 1 unspecified atom stereocenters. The van der Waals surface area contributed by atoms with Crippen LogP contribution < -0.4 is 11.1 Å². The Morgan fingerprint density at radius 3 is 2.56 bits per heavy atom. The summed E-state index contributed by atoms with van der Waals surface area (Å²) in [6, 6.07) is 3.24. The minimum atomic E-state index is -0.711. The lowest BCUT2D eigenvalue weighted by Crippen LogP contribution is -2.44. The topological polar surface area (TPSA) is 113 Å². The number of benzene rings is 1. The molecular formula is C12H16N2O4. The van der Waals surface area contributed by atoms with Crippen LogP contribution in [0, 0.1) is 0 Å². The number of phenols is 2. The third-order valence-corrected chi connectivity index (χ3v) is 2.51. The van der Waals surface area contributed by atoms with E-state index in [2.05, 4.69) is 5.32 Å². The number of hydrogen-bond donors (Lipinski definition) is 4. The van der Waals surface area contributed by atoms with Crippen molar-refractivity contribution in [2.24, 2.45) is 5.73 Å². The van der Waals surface area contributed by atoms with Gasteiger partial charge in [-0.2, -0.15) is 0 Å². The predicted octanol–water partition coefficient (Wildman–Crippen LogP) is 0.0204. The fraction of sp³-hybridized carbons (Fsp3) is 0.333. The van der Waals surface area contributed by atoms with E-state index in [-0.39, 0.29) is 17.9 Å². The van der Waals surface area contributed by atoms with Crippen LogP contribution in [-0.2, 0) is 16.0 Å². The van der Waals surface area contributed by atoms with Crippen molar-refractivity contribution in [1.82, 2.24) is 5.32 Å². The zero-order valence-electron chi connectivity index (χ0n) is 10.0. The van der Waals surface area contributed by atoms with Crippen molar-refractivity contribution >= 4 is 11.8 Å². The van der Waals surface area contributed by atoms with Crippen molar-refractivity contribution in [1.29, 1.82) is 0 Å². The van der Waals surface area contributed by atoms with Crippen molar-refractivity contribution in [3.63, 3.8) is 0 Å². The summed E-state index contributed by atoms with van der Waals surface area (Å²) in [5.41, 5.74) is 5.47. The Hall–Kier alpha value is -2.24. The maximum Gasteiger partial charge on any atom is 0.239 e. The molecule has 0 saturated carbocycles. The summed E-state index contributed by atoms with van der Waals surface area (Å²) in [5, 5.41) is 21.1. The predicted molar refractivity (Wildman–Crippen MR) is 64.9 cm³/mol. The highest BCUT2D eigenvalue weighted by molar-refractivity contribution is 5.87. The number of amides is 2. The third-order valence-electron chi connectivity index (χ3n) is 2.51. The summed E-state index contributed by atoms with van der Waals surface area (Å²) in [7, 11) is 0. The van der Waals surface area contributed by atoms with Gasteiger partial charge in [-0.05, 0) is 12.5 Å². The van der Waals surface area contributed by atoms with Gasteiger partial charge >= 0.3 is 0 Å². The molecule has 1 aromatic rings. The van der Waals surface area contributed by atoms with E-state index in [4.69, 9.17) is 10.8 Å². The van der Waals surface area contributed by atoms with Gasteiger partial charge < -0.3 is 21.3 Å². The molecule has 0 fully saturated rings. The first-order chi connectivity index (χ1) is 8.43. The Morgan fingerprint density at radius 2 is 2.06 bits per heavy atom. The van der Waals surface area contributed by atoms with Crippen LogP contribution in [0.1, 0.15) is 18.9 Å². The van der Waals surface area contributed by atoms with Crippen molar-refractivity contribution in [2.45, 2.75) is 25.8 Å². The summed E-state index contributed by atoms with van der Waals surface area (Å²) in [6.45, 7) is 1.73. The van der Waals surface area contributed by atoms with Gasteiger partial charge in [-0.3, -0.25) is 9.59 Å². The van der Waals surface area contributed by atoms with Crippen LogP contribution in [0.2, 0.25) is 0 Å². The van der Waals surface area contributed by atoms with E-state index in [0.29, 0.717) is 12.0 Å². The average molecular weight is 252 g/mol. The first-order valence-electron chi connectivity index (χ1n) is 5.53. The van der Waals surface area contributed by atoms with E-state index in [0.717, 1.165) is 6.07 Å². The summed E-state index contributed by atoms with van der Waals surface area (Å²) >= 11 is 0. The number of hydrogen-bond acceptors (Lipinski definition) is 4. The number of primary amides is 1. The molecule has 0 saturated heterocycles. The van der Waals surface area contributed by atoms with E-state index in [1.807, 2.05) is 0 Å². The Balaban J connectivity index is 2.67. The van der Waals surface area contributed by atoms with E-state index in [9.17, 15) is 14.7 Å². The lowest BCUT2D eigenvalue weighted by Gasteiger charge is -2.13. The maximum absolute atomic E-state index is 11.6. The van der Waals surface area contributed by atoms with Gasteiger partial charge in [0.25, 0.3) is 0 Å². The third kappa shape index (κ3) is 3.65. The fourth-order valence-corrected chi connectivity index (χ4v) is 1.49. The van der Waals surface area contributed by atoms with Crippen LogP contribution in [0.15, 0.2) is 18.2 Å². The molecule has 0 aliphatic carbocycles. The van der Waals surface area contributed by atoms with Gasteiger partial charge in [-0.1, -0.05) is 13.0 Å². The normalized spacial score (nSPS) is 11.8. The first kappa shape index (κ1) is 13.8. The lowest BCUT2D eigenvalue weighted by atomic mass is 10.1. The molecule has 0 bridgehead atoms. The van der Waals surface area contributed by atoms with Crippen molar-refractivity contribution in [2.75, 3.05) is 0 Å². The van der Waals surface area contributed by atoms with Crippen LogP contribution in [-0.4, -0.2) is 28.1 Å². The smallest absolute Gasteiger partial charge is 0.239 e. The molecule has 0 radical (unpaired) electrons.